The molecule has 0 saturated carbocycles. The van der Waals surface area contributed by atoms with Gasteiger partial charge in [0.1, 0.15) is 5.37 Å². The van der Waals surface area contributed by atoms with Crippen molar-refractivity contribution in [2.45, 2.75) is 24.1 Å². The van der Waals surface area contributed by atoms with E-state index in [9.17, 15) is 16.8 Å². The highest BCUT2D eigenvalue weighted by Crippen LogP contribution is 2.14. The molecule has 1 aromatic rings. The summed E-state index contributed by atoms with van der Waals surface area (Å²) in [7, 11) is -8.45. The van der Waals surface area contributed by atoms with Gasteiger partial charge in [0.25, 0.3) is 10.1 Å². The molecule has 0 fully saturated rings. The predicted molar refractivity (Wildman–Crippen MR) is 71.9 cm³/mol. The van der Waals surface area contributed by atoms with E-state index in [0.29, 0.717) is 6.54 Å². The van der Waals surface area contributed by atoms with Crippen LogP contribution in [0.5, 0.6) is 0 Å². The fourth-order valence-electron chi connectivity index (χ4n) is 1.30. The molecule has 0 amide bonds. The van der Waals surface area contributed by atoms with Crippen molar-refractivity contribution < 1.29 is 21.4 Å². The molecule has 3 N–H and O–H groups in total. The van der Waals surface area contributed by atoms with Gasteiger partial charge in [-0.1, -0.05) is 0 Å². The second kappa shape index (κ2) is 5.87. The molecule has 0 spiro atoms. The van der Waals surface area contributed by atoms with Crippen LogP contribution in [0.25, 0.3) is 0 Å². The summed E-state index contributed by atoms with van der Waals surface area (Å²) in [6, 6.07) is 5.82. The molecule has 1 aromatic carbocycles. The van der Waals surface area contributed by atoms with E-state index in [4.69, 9.17) is 4.55 Å². The molecular formula is C10H16N2O5S2. The van der Waals surface area contributed by atoms with Gasteiger partial charge in [0.2, 0.25) is 10.0 Å². The largest absolute Gasteiger partial charge is 0.385 e. The third-order valence-electron chi connectivity index (χ3n) is 2.31. The molecule has 0 aliphatic carbocycles. The van der Waals surface area contributed by atoms with Crippen molar-refractivity contribution >= 4 is 25.8 Å². The fraction of sp³-hybridized carbons (Fsp3) is 0.400. The van der Waals surface area contributed by atoms with Crippen molar-refractivity contribution in [3.05, 3.63) is 24.3 Å². The molecule has 7 nitrogen and oxygen atoms in total. The second-order valence-corrected chi connectivity index (χ2v) is 7.28. The topological polar surface area (TPSA) is 113 Å². The average molecular weight is 308 g/mol. The van der Waals surface area contributed by atoms with E-state index in [2.05, 4.69) is 5.32 Å². The Morgan fingerprint density at radius 1 is 1.16 bits per heavy atom. The van der Waals surface area contributed by atoms with Crippen molar-refractivity contribution in [3.63, 3.8) is 0 Å². The first-order valence-corrected chi connectivity index (χ1v) is 8.48. The van der Waals surface area contributed by atoms with E-state index < -0.39 is 25.5 Å². The maximum absolute atomic E-state index is 11.9. The molecule has 19 heavy (non-hydrogen) atoms. The Kier molecular flexibility index (Phi) is 4.91. The maximum Gasteiger partial charge on any atom is 0.281 e. The SMILES string of the molecule is CCNc1ccc(S(=O)(=O)NC(C)S(=O)(=O)O)cc1. The quantitative estimate of drug-likeness (QED) is 0.664. The summed E-state index contributed by atoms with van der Waals surface area (Å²) >= 11 is 0. The van der Waals surface area contributed by atoms with Crippen LogP contribution in [0.4, 0.5) is 5.69 Å². The molecule has 0 radical (unpaired) electrons. The van der Waals surface area contributed by atoms with Crippen LogP contribution in [-0.4, -0.2) is 33.3 Å². The lowest BCUT2D eigenvalue weighted by molar-refractivity contribution is 0.464. The van der Waals surface area contributed by atoms with Crippen LogP contribution in [0.1, 0.15) is 13.8 Å². The summed E-state index contributed by atoms with van der Waals surface area (Å²) in [4.78, 5) is -0.0790. The smallest absolute Gasteiger partial charge is 0.281 e. The first-order valence-electron chi connectivity index (χ1n) is 5.49. The first-order chi connectivity index (χ1) is 8.66. The minimum Gasteiger partial charge on any atom is -0.385 e. The molecule has 0 aliphatic rings. The third kappa shape index (κ3) is 4.46. The van der Waals surface area contributed by atoms with E-state index >= 15 is 0 Å². The van der Waals surface area contributed by atoms with Gasteiger partial charge in [0.15, 0.2) is 0 Å². The summed E-state index contributed by atoms with van der Waals surface area (Å²) < 4.78 is 55.9. The highest BCUT2D eigenvalue weighted by atomic mass is 32.2. The van der Waals surface area contributed by atoms with Gasteiger partial charge < -0.3 is 5.32 Å². The Morgan fingerprint density at radius 2 is 1.68 bits per heavy atom. The summed E-state index contributed by atoms with van der Waals surface area (Å²) in [5.41, 5.74) is 0.754. The van der Waals surface area contributed by atoms with Crippen LogP contribution < -0.4 is 10.0 Å². The molecule has 0 aliphatic heterocycles. The standard InChI is InChI=1S/C10H16N2O5S2/c1-3-11-9-4-6-10(7-5-9)18(13,14)12-8(2)19(15,16)17/h4-8,11-12H,3H2,1-2H3,(H,15,16,17). The zero-order valence-electron chi connectivity index (χ0n) is 10.5. The van der Waals surface area contributed by atoms with Crippen LogP contribution in [0.2, 0.25) is 0 Å². The number of nitrogens with one attached hydrogen (secondary N) is 2. The zero-order chi connectivity index (χ0) is 14.7. The number of hydrogen-bond acceptors (Lipinski definition) is 5. The second-order valence-electron chi connectivity index (χ2n) is 3.83. The molecule has 1 atom stereocenters. The van der Waals surface area contributed by atoms with Gasteiger partial charge in [-0.25, -0.2) is 8.42 Å². The lowest BCUT2D eigenvalue weighted by Gasteiger charge is -2.12. The Hall–Kier alpha value is -1.16. The zero-order valence-corrected chi connectivity index (χ0v) is 12.1. The van der Waals surface area contributed by atoms with Crippen molar-refractivity contribution in [3.8, 4) is 0 Å². The molecule has 9 heteroatoms. The number of benzene rings is 1. The van der Waals surface area contributed by atoms with Crippen LogP contribution in [0.3, 0.4) is 0 Å². The van der Waals surface area contributed by atoms with Crippen LogP contribution in [-0.2, 0) is 20.1 Å². The van der Waals surface area contributed by atoms with Gasteiger partial charge >= 0.3 is 0 Å². The minimum absolute atomic E-state index is 0.0790. The summed E-state index contributed by atoms with van der Waals surface area (Å²) in [6.45, 7) is 3.64. The highest BCUT2D eigenvalue weighted by molar-refractivity contribution is 7.91. The summed E-state index contributed by atoms with van der Waals surface area (Å²) in [5, 5.41) is 1.39. The number of hydrogen-bond donors (Lipinski definition) is 3. The van der Waals surface area contributed by atoms with Gasteiger partial charge in [-0.15, -0.1) is 0 Å². The Morgan fingerprint density at radius 3 is 2.11 bits per heavy atom. The molecule has 0 heterocycles. The lowest BCUT2D eigenvalue weighted by Crippen LogP contribution is -2.38. The van der Waals surface area contributed by atoms with Crippen molar-refractivity contribution in [1.29, 1.82) is 0 Å². The van der Waals surface area contributed by atoms with E-state index in [1.165, 1.54) is 12.1 Å². The molecule has 0 aromatic heterocycles. The normalized spacial score (nSPS) is 14.1. The van der Waals surface area contributed by atoms with Crippen LogP contribution >= 0.6 is 0 Å². The maximum atomic E-state index is 11.9. The molecule has 1 rings (SSSR count). The van der Waals surface area contributed by atoms with Crippen LogP contribution in [0.15, 0.2) is 29.2 Å². The number of rotatable bonds is 6. The Labute approximate surface area is 112 Å². The van der Waals surface area contributed by atoms with E-state index in [1.54, 1.807) is 12.1 Å². The molecule has 108 valence electrons. The Balaban J connectivity index is 2.95. The number of sulfonamides is 1. The summed E-state index contributed by atoms with van der Waals surface area (Å²) in [5.74, 6) is 0. The first kappa shape index (κ1) is 15.9. The average Bonchev–Trinajstić information content (AvgIpc) is 2.28. The van der Waals surface area contributed by atoms with Gasteiger partial charge in [0, 0.05) is 12.2 Å². The molecule has 1 unspecified atom stereocenters. The van der Waals surface area contributed by atoms with Gasteiger partial charge in [-0.3, -0.25) is 4.55 Å². The van der Waals surface area contributed by atoms with Crippen molar-refractivity contribution in [2.24, 2.45) is 0 Å². The predicted octanol–water partition coefficient (Wildman–Crippen LogP) is 0.630. The highest BCUT2D eigenvalue weighted by Gasteiger charge is 2.24. The van der Waals surface area contributed by atoms with E-state index in [1.807, 2.05) is 11.6 Å². The van der Waals surface area contributed by atoms with Crippen molar-refractivity contribution in [1.82, 2.24) is 4.72 Å². The van der Waals surface area contributed by atoms with Gasteiger partial charge in [-0.2, -0.15) is 13.1 Å². The molecule has 0 bridgehead atoms. The van der Waals surface area contributed by atoms with E-state index in [-0.39, 0.29) is 4.90 Å². The van der Waals surface area contributed by atoms with Crippen LogP contribution in [0, 0.1) is 0 Å². The molecular weight excluding hydrogens is 292 g/mol. The van der Waals surface area contributed by atoms with Crippen molar-refractivity contribution in [2.75, 3.05) is 11.9 Å². The van der Waals surface area contributed by atoms with E-state index in [0.717, 1.165) is 12.6 Å². The lowest BCUT2D eigenvalue weighted by atomic mass is 10.3. The fourth-order valence-corrected chi connectivity index (χ4v) is 3.24. The summed E-state index contributed by atoms with van der Waals surface area (Å²) in [6.07, 6.45) is 0. The van der Waals surface area contributed by atoms with Gasteiger partial charge in [-0.05, 0) is 38.1 Å². The molecule has 0 saturated heterocycles. The third-order valence-corrected chi connectivity index (χ3v) is 5.03. The minimum atomic E-state index is -4.46. The van der Waals surface area contributed by atoms with Gasteiger partial charge in [0.05, 0.1) is 4.90 Å². The Bertz CT molecular complexity index is 622. The monoisotopic (exact) mass is 308 g/mol. The number of anilines is 1.